The third kappa shape index (κ3) is 4.14. The molecule has 0 bridgehead atoms. The van der Waals surface area contributed by atoms with Gasteiger partial charge in [0.25, 0.3) is 0 Å². The predicted octanol–water partition coefficient (Wildman–Crippen LogP) is 3.72. The number of nitrogens with two attached hydrogens (primary N) is 1. The monoisotopic (exact) mass is 316 g/mol. The van der Waals surface area contributed by atoms with Crippen LogP contribution in [0.1, 0.15) is 63.5 Å². The van der Waals surface area contributed by atoms with E-state index < -0.39 is 0 Å². The van der Waals surface area contributed by atoms with E-state index in [0.29, 0.717) is 11.8 Å². The number of aryl methyl sites for hydroxylation is 1. The van der Waals surface area contributed by atoms with Crippen molar-refractivity contribution in [3.8, 4) is 0 Å². The van der Waals surface area contributed by atoms with Crippen molar-refractivity contribution in [2.45, 2.75) is 64.8 Å². The SMILES string of the molecule is C.CCc1ccc(C2CC(N)CN(C(=O)C3CCCC3)C2)cc1. The van der Waals surface area contributed by atoms with Gasteiger partial charge < -0.3 is 10.6 Å². The lowest BCUT2D eigenvalue weighted by Gasteiger charge is -2.38. The van der Waals surface area contributed by atoms with Crippen molar-refractivity contribution in [2.24, 2.45) is 11.7 Å². The molecule has 1 amide bonds. The number of carbonyl (C=O) groups excluding carboxylic acids is 1. The van der Waals surface area contributed by atoms with Crippen LogP contribution in [-0.4, -0.2) is 29.9 Å². The van der Waals surface area contributed by atoms with Gasteiger partial charge in [0.2, 0.25) is 5.91 Å². The van der Waals surface area contributed by atoms with Gasteiger partial charge in [-0.15, -0.1) is 0 Å². The van der Waals surface area contributed by atoms with Crippen molar-refractivity contribution in [3.63, 3.8) is 0 Å². The van der Waals surface area contributed by atoms with E-state index in [-0.39, 0.29) is 19.4 Å². The van der Waals surface area contributed by atoms with E-state index in [1.807, 2.05) is 4.90 Å². The average molecular weight is 316 g/mol. The molecule has 3 nitrogen and oxygen atoms in total. The number of likely N-dealkylation sites (tertiary alicyclic amines) is 1. The van der Waals surface area contributed by atoms with Gasteiger partial charge in [-0.3, -0.25) is 4.79 Å². The molecular formula is C20H32N2O. The van der Waals surface area contributed by atoms with Crippen molar-refractivity contribution in [1.82, 2.24) is 4.90 Å². The van der Waals surface area contributed by atoms with Crippen LogP contribution in [-0.2, 0) is 11.2 Å². The van der Waals surface area contributed by atoms with E-state index in [0.717, 1.165) is 38.8 Å². The average Bonchev–Trinajstić information content (AvgIpc) is 3.08. The first-order chi connectivity index (χ1) is 10.7. The summed E-state index contributed by atoms with van der Waals surface area (Å²) in [4.78, 5) is 14.7. The smallest absolute Gasteiger partial charge is 0.225 e. The first-order valence-corrected chi connectivity index (χ1v) is 8.80. The summed E-state index contributed by atoms with van der Waals surface area (Å²) < 4.78 is 0. The molecule has 2 aliphatic rings. The van der Waals surface area contributed by atoms with E-state index >= 15 is 0 Å². The van der Waals surface area contributed by atoms with Crippen molar-refractivity contribution >= 4 is 5.91 Å². The van der Waals surface area contributed by atoms with E-state index in [9.17, 15) is 4.79 Å². The molecule has 23 heavy (non-hydrogen) atoms. The minimum atomic E-state index is 0. The van der Waals surface area contributed by atoms with Crippen LogP contribution < -0.4 is 5.73 Å². The third-order valence-corrected chi connectivity index (χ3v) is 5.36. The van der Waals surface area contributed by atoms with Crippen molar-refractivity contribution in [2.75, 3.05) is 13.1 Å². The molecule has 1 aromatic carbocycles. The molecule has 1 aromatic rings. The molecule has 128 valence electrons. The van der Waals surface area contributed by atoms with Crippen molar-refractivity contribution < 1.29 is 4.79 Å². The van der Waals surface area contributed by atoms with Crippen LogP contribution in [0.25, 0.3) is 0 Å². The Morgan fingerprint density at radius 2 is 1.83 bits per heavy atom. The molecule has 2 N–H and O–H groups in total. The zero-order valence-electron chi connectivity index (χ0n) is 13.6. The lowest BCUT2D eigenvalue weighted by molar-refractivity contribution is -0.136. The Hall–Kier alpha value is -1.35. The van der Waals surface area contributed by atoms with E-state index in [1.165, 1.54) is 24.0 Å². The number of amides is 1. The van der Waals surface area contributed by atoms with Gasteiger partial charge in [0.05, 0.1) is 0 Å². The standard InChI is InChI=1S/C19H28N2O.CH4/c1-2-14-7-9-15(10-8-14)17-11-18(20)13-21(12-17)19(22)16-5-3-4-6-16;/h7-10,16-18H,2-6,11-13,20H2,1H3;1H4. The molecular weight excluding hydrogens is 284 g/mol. The van der Waals surface area contributed by atoms with E-state index in [2.05, 4.69) is 31.2 Å². The highest BCUT2D eigenvalue weighted by atomic mass is 16.2. The lowest BCUT2D eigenvalue weighted by atomic mass is 9.87. The molecule has 1 saturated carbocycles. The number of carbonyl (C=O) groups is 1. The normalized spacial score (nSPS) is 25.2. The molecule has 2 atom stereocenters. The molecule has 1 heterocycles. The van der Waals surface area contributed by atoms with Crippen LogP contribution in [0.2, 0.25) is 0 Å². The molecule has 1 aliphatic heterocycles. The van der Waals surface area contributed by atoms with Gasteiger partial charge in [-0.05, 0) is 36.8 Å². The van der Waals surface area contributed by atoms with Crippen molar-refractivity contribution in [1.29, 1.82) is 0 Å². The second-order valence-corrected chi connectivity index (χ2v) is 7.01. The number of benzene rings is 1. The largest absolute Gasteiger partial charge is 0.340 e. The van der Waals surface area contributed by atoms with Crippen LogP contribution in [0, 0.1) is 5.92 Å². The summed E-state index contributed by atoms with van der Waals surface area (Å²) in [6.45, 7) is 3.75. The second kappa shape index (κ2) is 7.96. The van der Waals surface area contributed by atoms with Gasteiger partial charge >= 0.3 is 0 Å². The maximum Gasteiger partial charge on any atom is 0.225 e. The van der Waals surface area contributed by atoms with Crippen molar-refractivity contribution in [3.05, 3.63) is 35.4 Å². The predicted molar refractivity (Wildman–Crippen MR) is 96.4 cm³/mol. The topological polar surface area (TPSA) is 46.3 Å². The Bertz CT molecular complexity index is 505. The summed E-state index contributed by atoms with van der Waals surface area (Å²) in [6, 6.07) is 8.96. The lowest BCUT2D eigenvalue weighted by Crippen LogP contribution is -2.50. The minimum Gasteiger partial charge on any atom is -0.340 e. The van der Waals surface area contributed by atoms with Crippen LogP contribution in [0.3, 0.4) is 0 Å². The third-order valence-electron chi connectivity index (χ3n) is 5.36. The first-order valence-electron chi connectivity index (χ1n) is 8.80. The Balaban J connectivity index is 0.00000192. The molecule has 0 aromatic heterocycles. The second-order valence-electron chi connectivity index (χ2n) is 7.01. The van der Waals surface area contributed by atoms with Crippen LogP contribution >= 0.6 is 0 Å². The molecule has 1 saturated heterocycles. The summed E-state index contributed by atoms with van der Waals surface area (Å²) in [5.74, 6) is 0.997. The maximum absolute atomic E-state index is 12.7. The molecule has 2 fully saturated rings. The summed E-state index contributed by atoms with van der Waals surface area (Å²) in [6.07, 6.45) is 6.61. The number of hydrogen-bond donors (Lipinski definition) is 1. The van der Waals surface area contributed by atoms with Crippen LogP contribution in [0.4, 0.5) is 0 Å². The highest BCUT2D eigenvalue weighted by Gasteiger charge is 2.33. The molecule has 1 aliphatic carbocycles. The summed E-state index contributed by atoms with van der Waals surface area (Å²) in [7, 11) is 0. The Morgan fingerprint density at radius 3 is 2.43 bits per heavy atom. The van der Waals surface area contributed by atoms with Crippen LogP contribution in [0.5, 0.6) is 0 Å². The van der Waals surface area contributed by atoms with Crippen LogP contribution in [0.15, 0.2) is 24.3 Å². The minimum absolute atomic E-state index is 0. The fourth-order valence-corrected chi connectivity index (χ4v) is 4.02. The quantitative estimate of drug-likeness (QED) is 0.924. The molecule has 0 radical (unpaired) electrons. The highest BCUT2D eigenvalue weighted by Crippen LogP contribution is 2.31. The molecule has 0 spiro atoms. The fourth-order valence-electron chi connectivity index (χ4n) is 4.02. The first kappa shape index (κ1) is 18.0. The summed E-state index contributed by atoms with van der Waals surface area (Å²) in [5, 5.41) is 0. The molecule has 2 unspecified atom stereocenters. The number of rotatable bonds is 3. The number of hydrogen-bond acceptors (Lipinski definition) is 2. The molecule has 3 heteroatoms. The van der Waals surface area contributed by atoms with E-state index in [1.54, 1.807) is 0 Å². The van der Waals surface area contributed by atoms with Gasteiger partial charge in [0, 0.05) is 31.0 Å². The zero-order chi connectivity index (χ0) is 15.5. The highest BCUT2D eigenvalue weighted by molar-refractivity contribution is 5.79. The number of piperidine rings is 1. The zero-order valence-corrected chi connectivity index (χ0v) is 13.6. The summed E-state index contributed by atoms with van der Waals surface area (Å²) in [5.41, 5.74) is 8.95. The van der Waals surface area contributed by atoms with Gasteiger partial charge in [0.1, 0.15) is 0 Å². The maximum atomic E-state index is 12.7. The van der Waals surface area contributed by atoms with E-state index in [4.69, 9.17) is 5.73 Å². The molecule has 3 rings (SSSR count). The van der Waals surface area contributed by atoms with Gasteiger partial charge in [0.15, 0.2) is 0 Å². The van der Waals surface area contributed by atoms with Gasteiger partial charge in [-0.2, -0.15) is 0 Å². The summed E-state index contributed by atoms with van der Waals surface area (Å²) >= 11 is 0. The Morgan fingerprint density at radius 1 is 1.17 bits per heavy atom. The van der Waals surface area contributed by atoms with Gasteiger partial charge in [-0.1, -0.05) is 51.5 Å². The Labute approximate surface area is 141 Å². The van der Waals surface area contributed by atoms with Gasteiger partial charge in [-0.25, -0.2) is 0 Å². The fraction of sp³-hybridized carbons (Fsp3) is 0.650. The number of nitrogens with zero attached hydrogens (tertiary/aromatic N) is 1. The Kier molecular flexibility index (Phi) is 6.23.